The van der Waals surface area contributed by atoms with Gasteiger partial charge in [0.2, 0.25) is 0 Å². The van der Waals surface area contributed by atoms with Gasteiger partial charge >= 0.3 is 5.97 Å². The minimum absolute atomic E-state index is 0.0854. The Morgan fingerprint density at radius 1 is 1.23 bits per heavy atom. The zero-order valence-corrected chi connectivity index (χ0v) is 12.3. The van der Waals surface area contributed by atoms with Gasteiger partial charge in [0.25, 0.3) is 0 Å². The van der Waals surface area contributed by atoms with Crippen molar-refractivity contribution < 1.29 is 19.1 Å². The summed E-state index contributed by atoms with van der Waals surface area (Å²) in [5.74, 6) is -1.88. The predicted molar refractivity (Wildman–Crippen MR) is 78.0 cm³/mol. The molecule has 1 heterocycles. The Labute approximate surface area is 127 Å². The molecule has 0 bridgehead atoms. The van der Waals surface area contributed by atoms with Gasteiger partial charge in [-0.05, 0) is 6.92 Å². The number of nitrogens with two attached hydrogens (primary N) is 1. The number of carbonyl (C=O) groups excluding carboxylic acids is 3. The van der Waals surface area contributed by atoms with Crippen molar-refractivity contribution in [3.63, 3.8) is 0 Å². The maximum atomic E-state index is 12.8. The van der Waals surface area contributed by atoms with Crippen molar-refractivity contribution in [2.24, 2.45) is 11.7 Å². The van der Waals surface area contributed by atoms with Crippen molar-refractivity contribution in [2.75, 3.05) is 13.7 Å². The van der Waals surface area contributed by atoms with Crippen molar-refractivity contribution in [3.8, 4) is 0 Å². The molecule has 0 aromatic heterocycles. The summed E-state index contributed by atoms with van der Waals surface area (Å²) in [6, 6.07) is 5.85. The molecule has 1 aliphatic carbocycles. The van der Waals surface area contributed by atoms with Gasteiger partial charge in [-0.3, -0.25) is 9.59 Å². The highest BCUT2D eigenvalue weighted by Gasteiger charge is 2.53. The second kappa shape index (κ2) is 4.98. The summed E-state index contributed by atoms with van der Waals surface area (Å²) in [4.78, 5) is 39.1. The monoisotopic (exact) mass is 300 g/mol. The summed E-state index contributed by atoms with van der Waals surface area (Å²) >= 11 is 0. The number of carbonyl (C=O) groups is 3. The number of ether oxygens (including phenoxy) is 1. The first-order valence-electron chi connectivity index (χ1n) is 7.06. The molecule has 0 spiro atoms. The van der Waals surface area contributed by atoms with Gasteiger partial charge in [-0.2, -0.15) is 0 Å². The Bertz CT molecular complexity index is 723. The summed E-state index contributed by atoms with van der Waals surface area (Å²) in [5.41, 5.74) is 6.76. The number of nitrogens with zero attached hydrogens (tertiary/aromatic N) is 1. The quantitative estimate of drug-likeness (QED) is 0.810. The number of rotatable bonds is 2. The zero-order chi connectivity index (χ0) is 16.0. The van der Waals surface area contributed by atoms with E-state index < -0.39 is 17.9 Å². The van der Waals surface area contributed by atoms with Crippen molar-refractivity contribution in [3.05, 3.63) is 46.8 Å². The zero-order valence-electron chi connectivity index (χ0n) is 12.3. The van der Waals surface area contributed by atoms with E-state index in [1.165, 1.54) is 4.90 Å². The van der Waals surface area contributed by atoms with Crippen molar-refractivity contribution in [1.29, 1.82) is 0 Å². The molecule has 0 amide bonds. The largest absolute Gasteiger partial charge is 0.463 e. The smallest absolute Gasteiger partial charge is 0.338 e. The maximum Gasteiger partial charge on any atom is 0.338 e. The number of likely N-dealkylation sites (N-methyl/N-ethyl adjacent to an activating group) is 1. The van der Waals surface area contributed by atoms with Gasteiger partial charge in [0.15, 0.2) is 11.6 Å². The van der Waals surface area contributed by atoms with Crippen LogP contribution in [0.15, 0.2) is 35.7 Å². The predicted octanol–water partition coefficient (Wildman–Crippen LogP) is 0.729. The summed E-state index contributed by atoms with van der Waals surface area (Å²) in [5, 5.41) is 0. The van der Waals surface area contributed by atoms with Crippen LogP contribution in [0.3, 0.4) is 0 Å². The third kappa shape index (κ3) is 1.76. The van der Waals surface area contributed by atoms with Crippen LogP contribution in [0.5, 0.6) is 0 Å². The minimum Gasteiger partial charge on any atom is -0.463 e. The Hall–Kier alpha value is -2.63. The molecule has 1 aromatic rings. The van der Waals surface area contributed by atoms with E-state index in [1.54, 1.807) is 38.2 Å². The first-order valence-corrected chi connectivity index (χ1v) is 7.06. The van der Waals surface area contributed by atoms with Crippen LogP contribution in [0, 0.1) is 5.92 Å². The van der Waals surface area contributed by atoms with E-state index in [0.29, 0.717) is 11.1 Å². The van der Waals surface area contributed by atoms with Crippen LogP contribution >= 0.6 is 0 Å². The Balaban J connectivity index is 2.14. The highest BCUT2D eigenvalue weighted by atomic mass is 16.5. The van der Waals surface area contributed by atoms with Crippen LogP contribution in [0.1, 0.15) is 27.6 Å². The van der Waals surface area contributed by atoms with Crippen LogP contribution in [-0.2, 0) is 9.53 Å². The molecular weight excluding hydrogens is 284 g/mol. The summed E-state index contributed by atoms with van der Waals surface area (Å²) in [7, 11) is 1.61. The van der Waals surface area contributed by atoms with Gasteiger partial charge in [-0.1, -0.05) is 24.3 Å². The number of hydrogen-bond acceptors (Lipinski definition) is 6. The molecule has 2 unspecified atom stereocenters. The molecule has 0 radical (unpaired) electrons. The fraction of sp³-hybridized carbons (Fsp3) is 0.312. The third-order valence-corrected chi connectivity index (χ3v) is 4.20. The summed E-state index contributed by atoms with van der Waals surface area (Å²) < 4.78 is 5.00. The molecule has 0 fully saturated rings. The highest BCUT2D eigenvalue weighted by Crippen LogP contribution is 2.39. The number of ketones is 2. The second-order valence-corrected chi connectivity index (χ2v) is 5.33. The normalized spacial score (nSPS) is 23.5. The molecule has 2 N–H and O–H groups in total. The molecule has 3 rings (SSSR count). The molecule has 0 saturated heterocycles. The SMILES string of the molecule is CCOC(=O)C1=C(N)N(C)C2C(=O)c3ccccc3C(=O)C12. The molecule has 6 heteroatoms. The number of benzene rings is 1. The molecule has 114 valence electrons. The van der Waals surface area contributed by atoms with Crippen LogP contribution in [0.25, 0.3) is 0 Å². The second-order valence-electron chi connectivity index (χ2n) is 5.33. The van der Waals surface area contributed by atoms with Gasteiger partial charge < -0.3 is 15.4 Å². The lowest BCUT2D eigenvalue weighted by atomic mass is 9.76. The third-order valence-electron chi connectivity index (χ3n) is 4.20. The van der Waals surface area contributed by atoms with Gasteiger partial charge in [-0.15, -0.1) is 0 Å². The van der Waals surface area contributed by atoms with Crippen LogP contribution < -0.4 is 5.73 Å². The van der Waals surface area contributed by atoms with E-state index in [1.807, 2.05) is 0 Å². The van der Waals surface area contributed by atoms with E-state index in [2.05, 4.69) is 0 Å². The van der Waals surface area contributed by atoms with Crippen LogP contribution in [0.4, 0.5) is 0 Å². The number of Topliss-reactive ketones (excluding diaryl/α,β-unsaturated/α-hetero) is 2. The van der Waals surface area contributed by atoms with E-state index >= 15 is 0 Å². The maximum absolute atomic E-state index is 12.8. The Morgan fingerprint density at radius 2 is 1.82 bits per heavy atom. The van der Waals surface area contributed by atoms with Gasteiger partial charge in [-0.25, -0.2) is 4.79 Å². The minimum atomic E-state index is -0.897. The average Bonchev–Trinajstić information content (AvgIpc) is 2.78. The molecule has 2 aliphatic rings. The lowest BCUT2D eigenvalue weighted by molar-refractivity contribution is -0.139. The Morgan fingerprint density at radius 3 is 2.41 bits per heavy atom. The Kier molecular flexibility index (Phi) is 3.24. The van der Waals surface area contributed by atoms with E-state index in [-0.39, 0.29) is 29.6 Å². The summed E-state index contributed by atoms with van der Waals surface area (Å²) in [6.45, 7) is 1.85. The summed E-state index contributed by atoms with van der Waals surface area (Å²) in [6.07, 6.45) is 0. The average molecular weight is 300 g/mol. The van der Waals surface area contributed by atoms with E-state index in [0.717, 1.165) is 0 Å². The fourth-order valence-electron chi connectivity index (χ4n) is 3.16. The van der Waals surface area contributed by atoms with Gasteiger partial charge in [0, 0.05) is 18.2 Å². The standard InChI is InChI=1S/C16H16N2O4/c1-3-22-16(21)11-10-12(18(2)15(11)17)14(20)9-7-5-4-6-8(9)13(10)19/h4-7,10,12H,3,17H2,1-2H3. The number of esters is 1. The van der Waals surface area contributed by atoms with E-state index in [9.17, 15) is 14.4 Å². The topological polar surface area (TPSA) is 89.7 Å². The number of fused-ring (bicyclic) bond motifs is 2. The lowest BCUT2D eigenvalue weighted by Gasteiger charge is -2.30. The first kappa shape index (κ1) is 14.3. The molecular formula is C16H16N2O4. The van der Waals surface area contributed by atoms with Crippen LogP contribution in [-0.4, -0.2) is 42.1 Å². The van der Waals surface area contributed by atoms with E-state index in [4.69, 9.17) is 10.5 Å². The van der Waals surface area contributed by atoms with Crippen molar-refractivity contribution >= 4 is 17.5 Å². The number of hydrogen-bond donors (Lipinski definition) is 1. The van der Waals surface area contributed by atoms with Gasteiger partial charge in [0.1, 0.15) is 11.9 Å². The van der Waals surface area contributed by atoms with Crippen LogP contribution in [0.2, 0.25) is 0 Å². The highest BCUT2D eigenvalue weighted by molar-refractivity contribution is 6.21. The fourth-order valence-corrected chi connectivity index (χ4v) is 3.16. The first-order chi connectivity index (χ1) is 10.5. The van der Waals surface area contributed by atoms with Crippen molar-refractivity contribution in [1.82, 2.24) is 4.90 Å². The molecule has 22 heavy (non-hydrogen) atoms. The lowest BCUT2D eigenvalue weighted by Crippen LogP contribution is -2.46. The molecule has 6 nitrogen and oxygen atoms in total. The van der Waals surface area contributed by atoms with Gasteiger partial charge in [0.05, 0.1) is 18.1 Å². The molecule has 0 saturated carbocycles. The molecule has 1 aliphatic heterocycles. The molecule has 1 aromatic carbocycles. The molecule has 2 atom stereocenters. The van der Waals surface area contributed by atoms with Crippen molar-refractivity contribution in [2.45, 2.75) is 13.0 Å².